The molecule has 0 radical (unpaired) electrons. The van der Waals surface area contributed by atoms with Gasteiger partial charge in [0.1, 0.15) is 12.0 Å². The second-order valence-electron chi connectivity index (χ2n) is 4.51. The van der Waals surface area contributed by atoms with Crippen LogP contribution in [0.2, 0.25) is 0 Å². The van der Waals surface area contributed by atoms with E-state index in [9.17, 15) is 14.9 Å². The van der Waals surface area contributed by atoms with Gasteiger partial charge in [-0.2, -0.15) is 0 Å². The molecule has 6 heteroatoms. The number of nitro groups is 1. The van der Waals surface area contributed by atoms with Crippen molar-refractivity contribution in [1.29, 1.82) is 0 Å². The number of thiophene rings is 1. The molecule has 0 aliphatic carbocycles. The highest BCUT2D eigenvalue weighted by molar-refractivity contribution is 7.10. The summed E-state index contributed by atoms with van der Waals surface area (Å²) in [5.41, 5.74) is 1.94. The minimum atomic E-state index is -0.458. The molecule has 0 atom stereocenters. The molecular weight excluding hydrogens is 276 g/mol. The van der Waals surface area contributed by atoms with E-state index in [2.05, 4.69) is 0 Å². The number of carbonyl (C=O) groups is 1. The van der Waals surface area contributed by atoms with E-state index in [-0.39, 0.29) is 5.69 Å². The maximum Gasteiger partial charge on any atom is 0.293 e. The Morgan fingerprint density at radius 2 is 2.15 bits per heavy atom. The Kier molecular flexibility index (Phi) is 4.14. The van der Waals surface area contributed by atoms with Gasteiger partial charge in [-0.05, 0) is 36.1 Å². The van der Waals surface area contributed by atoms with Gasteiger partial charge in [0.15, 0.2) is 0 Å². The number of aldehydes is 1. The van der Waals surface area contributed by atoms with E-state index in [0.717, 1.165) is 0 Å². The third-order valence-corrected chi connectivity index (χ3v) is 4.10. The van der Waals surface area contributed by atoms with Crippen molar-refractivity contribution in [2.45, 2.75) is 13.5 Å². The predicted octanol–water partition coefficient (Wildman–Crippen LogP) is 3.41. The summed E-state index contributed by atoms with van der Waals surface area (Å²) in [6.07, 6.45) is 0.611. The van der Waals surface area contributed by atoms with Crippen molar-refractivity contribution in [2.75, 3.05) is 11.9 Å². The number of benzene rings is 1. The van der Waals surface area contributed by atoms with Crippen LogP contribution in [0.3, 0.4) is 0 Å². The van der Waals surface area contributed by atoms with Gasteiger partial charge in [-0.25, -0.2) is 0 Å². The Balaban J connectivity index is 2.34. The Hall–Kier alpha value is -2.21. The summed E-state index contributed by atoms with van der Waals surface area (Å²) in [4.78, 5) is 24.4. The van der Waals surface area contributed by atoms with Crippen molar-refractivity contribution < 1.29 is 9.72 Å². The fourth-order valence-corrected chi connectivity index (χ4v) is 2.91. The highest BCUT2D eigenvalue weighted by Gasteiger charge is 2.18. The van der Waals surface area contributed by atoms with Crippen LogP contribution in [-0.2, 0) is 6.54 Å². The first-order valence-corrected chi connectivity index (χ1v) is 6.88. The molecule has 2 rings (SSSR count). The van der Waals surface area contributed by atoms with Crippen LogP contribution >= 0.6 is 11.3 Å². The standard InChI is InChI=1S/C14H14N2O3S/c1-10-5-6-20-14(10)8-15(2)12-4-3-11(9-17)7-13(12)16(18)19/h3-7,9H,8H2,1-2H3. The Morgan fingerprint density at radius 3 is 2.70 bits per heavy atom. The zero-order valence-corrected chi connectivity index (χ0v) is 12.0. The molecule has 2 aromatic rings. The molecule has 1 aromatic carbocycles. The lowest BCUT2D eigenvalue weighted by molar-refractivity contribution is -0.384. The quantitative estimate of drug-likeness (QED) is 0.481. The van der Waals surface area contributed by atoms with Crippen LogP contribution in [0.4, 0.5) is 11.4 Å². The molecule has 20 heavy (non-hydrogen) atoms. The fraction of sp³-hybridized carbons (Fsp3) is 0.214. The zero-order chi connectivity index (χ0) is 14.7. The summed E-state index contributed by atoms with van der Waals surface area (Å²) in [6, 6.07) is 6.54. The van der Waals surface area contributed by atoms with Crippen LogP contribution in [0.25, 0.3) is 0 Å². The lowest BCUT2D eigenvalue weighted by Crippen LogP contribution is -2.17. The van der Waals surface area contributed by atoms with Crippen molar-refractivity contribution in [1.82, 2.24) is 0 Å². The van der Waals surface area contributed by atoms with E-state index in [1.54, 1.807) is 23.5 Å². The highest BCUT2D eigenvalue weighted by atomic mass is 32.1. The molecule has 5 nitrogen and oxygen atoms in total. The van der Waals surface area contributed by atoms with Gasteiger partial charge in [0.25, 0.3) is 5.69 Å². The maximum atomic E-state index is 11.1. The molecule has 0 spiro atoms. The Morgan fingerprint density at radius 1 is 1.40 bits per heavy atom. The number of anilines is 1. The molecule has 0 N–H and O–H groups in total. The maximum absolute atomic E-state index is 11.1. The molecule has 0 aliphatic heterocycles. The van der Waals surface area contributed by atoms with Crippen LogP contribution in [-0.4, -0.2) is 18.3 Å². The molecule has 0 amide bonds. The number of nitrogens with zero attached hydrogens (tertiary/aromatic N) is 2. The van der Waals surface area contributed by atoms with Gasteiger partial charge < -0.3 is 4.90 Å². The molecule has 1 aromatic heterocycles. The van der Waals surface area contributed by atoms with E-state index < -0.39 is 4.92 Å². The smallest absolute Gasteiger partial charge is 0.293 e. The molecule has 0 saturated heterocycles. The van der Waals surface area contributed by atoms with E-state index in [4.69, 9.17) is 0 Å². The Bertz CT molecular complexity index is 652. The third kappa shape index (κ3) is 2.85. The van der Waals surface area contributed by atoms with Crippen molar-refractivity contribution >= 4 is 29.0 Å². The normalized spacial score (nSPS) is 10.3. The molecule has 0 aliphatic rings. The van der Waals surface area contributed by atoms with E-state index in [0.29, 0.717) is 24.1 Å². The minimum Gasteiger partial charge on any atom is -0.364 e. The number of nitro benzene ring substituents is 1. The van der Waals surface area contributed by atoms with Crippen LogP contribution in [0.1, 0.15) is 20.8 Å². The van der Waals surface area contributed by atoms with E-state index in [1.165, 1.54) is 16.5 Å². The van der Waals surface area contributed by atoms with Crippen molar-refractivity contribution in [3.8, 4) is 0 Å². The van der Waals surface area contributed by atoms with Crippen LogP contribution in [0.5, 0.6) is 0 Å². The molecule has 1 heterocycles. The largest absolute Gasteiger partial charge is 0.364 e. The summed E-state index contributed by atoms with van der Waals surface area (Å²) in [7, 11) is 1.81. The summed E-state index contributed by atoms with van der Waals surface area (Å²) < 4.78 is 0. The number of hydrogen-bond acceptors (Lipinski definition) is 5. The first kappa shape index (κ1) is 14.2. The molecule has 0 bridgehead atoms. The number of carbonyl (C=O) groups excluding carboxylic acids is 1. The van der Waals surface area contributed by atoms with Gasteiger partial charge in [0, 0.05) is 23.6 Å². The molecular formula is C14H14N2O3S. The van der Waals surface area contributed by atoms with Gasteiger partial charge in [-0.1, -0.05) is 0 Å². The summed E-state index contributed by atoms with van der Waals surface area (Å²) in [6.45, 7) is 2.62. The third-order valence-electron chi connectivity index (χ3n) is 3.09. The average Bonchev–Trinajstić information content (AvgIpc) is 2.83. The van der Waals surface area contributed by atoms with Crippen molar-refractivity contribution in [2.24, 2.45) is 0 Å². The summed E-state index contributed by atoms with van der Waals surface area (Å²) in [5, 5.41) is 13.1. The van der Waals surface area contributed by atoms with Crippen molar-refractivity contribution in [3.63, 3.8) is 0 Å². The van der Waals surface area contributed by atoms with Crippen molar-refractivity contribution in [3.05, 3.63) is 55.8 Å². The lowest BCUT2D eigenvalue weighted by atomic mass is 10.1. The summed E-state index contributed by atoms with van der Waals surface area (Å²) in [5.74, 6) is 0. The fourth-order valence-electron chi connectivity index (χ4n) is 1.95. The van der Waals surface area contributed by atoms with Gasteiger partial charge >= 0.3 is 0 Å². The molecule has 104 valence electrons. The van der Waals surface area contributed by atoms with Gasteiger partial charge in [0.2, 0.25) is 0 Å². The molecule has 0 fully saturated rings. The Labute approximate surface area is 120 Å². The first-order chi connectivity index (χ1) is 9.52. The predicted molar refractivity (Wildman–Crippen MR) is 79.6 cm³/mol. The first-order valence-electron chi connectivity index (χ1n) is 6.00. The van der Waals surface area contributed by atoms with Gasteiger partial charge in [-0.3, -0.25) is 14.9 Å². The molecule has 0 saturated carbocycles. The van der Waals surface area contributed by atoms with Gasteiger partial charge in [0.05, 0.1) is 11.5 Å². The number of hydrogen-bond donors (Lipinski definition) is 0. The van der Waals surface area contributed by atoms with Crippen LogP contribution < -0.4 is 4.90 Å². The second-order valence-corrected chi connectivity index (χ2v) is 5.51. The second kappa shape index (κ2) is 5.83. The number of rotatable bonds is 5. The minimum absolute atomic E-state index is 0.0497. The van der Waals surface area contributed by atoms with Gasteiger partial charge in [-0.15, -0.1) is 11.3 Å². The number of aryl methyl sites for hydroxylation is 1. The summed E-state index contributed by atoms with van der Waals surface area (Å²) >= 11 is 1.63. The lowest BCUT2D eigenvalue weighted by Gasteiger charge is -2.19. The molecule has 0 unspecified atom stereocenters. The monoisotopic (exact) mass is 290 g/mol. The van der Waals surface area contributed by atoms with E-state index >= 15 is 0 Å². The highest BCUT2D eigenvalue weighted by Crippen LogP contribution is 2.30. The van der Waals surface area contributed by atoms with Crippen LogP contribution in [0.15, 0.2) is 29.6 Å². The SMILES string of the molecule is Cc1ccsc1CN(C)c1ccc(C=O)cc1[N+](=O)[O-]. The average molecular weight is 290 g/mol. The zero-order valence-electron chi connectivity index (χ0n) is 11.2. The topological polar surface area (TPSA) is 63.5 Å². The van der Waals surface area contributed by atoms with E-state index in [1.807, 2.05) is 30.3 Å². The van der Waals surface area contributed by atoms with Crippen LogP contribution in [0, 0.1) is 17.0 Å².